The maximum atomic E-state index is 13.2. The van der Waals surface area contributed by atoms with Crippen molar-refractivity contribution < 1.29 is 19.4 Å². The summed E-state index contributed by atoms with van der Waals surface area (Å²) in [4.78, 5) is 28.6. The van der Waals surface area contributed by atoms with Crippen molar-refractivity contribution in [2.75, 3.05) is 12.0 Å². The highest BCUT2D eigenvalue weighted by Gasteiger charge is 2.48. The molecule has 1 saturated heterocycles. The Kier molecular flexibility index (Phi) is 5.60. The van der Waals surface area contributed by atoms with Gasteiger partial charge in [0, 0.05) is 15.6 Å². The van der Waals surface area contributed by atoms with E-state index >= 15 is 0 Å². The number of benzene rings is 2. The molecule has 4 rings (SSSR count). The lowest BCUT2D eigenvalue weighted by molar-refractivity contribution is -0.132. The number of ketones is 1. The van der Waals surface area contributed by atoms with Crippen LogP contribution in [0.2, 0.25) is 5.02 Å². The number of aryl methyl sites for hydroxylation is 2. The van der Waals surface area contributed by atoms with E-state index in [2.05, 4.69) is 0 Å². The zero-order chi connectivity index (χ0) is 22.3. The van der Waals surface area contributed by atoms with Gasteiger partial charge in [-0.2, -0.15) is 0 Å². The molecule has 0 aliphatic carbocycles. The molecule has 158 valence electrons. The second kappa shape index (κ2) is 8.21. The summed E-state index contributed by atoms with van der Waals surface area (Å²) in [5.74, 6) is -1.28. The molecule has 1 atom stereocenters. The number of carbonyl (C=O) groups excluding carboxylic acids is 2. The van der Waals surface area contributed by atoms with E-state index in [1.165, 1.54) is 23.3 Å². The van der Waals surface area contributed by atoms with Crippen molar-refractivity contribution in [3.8, 4) is 5.75 Å². The van der Waals surface area contributed by atoms with Crippen molar-refractivity contribution in [3.63, 3.8) is 0 Å². The quantitative estimate of drug-likeness (QED) is 0.315. The second-order valence-electron chi connectivity index (χ2n) is 7.32. The van der Waals surface area contributed by atoms with Gasteiger partial charge < -0.3 is 9.84 Å². The smallest absolute Gasteiger partial charge is 0.300 e. The van der Waals surface area contributed by atoms with Crippen molar-refractivity contribution in [1.29, 1.82) is 0 Å². The summed E-state index contributed by atoms with van der Waals surface area (Å²) in [7, 11) is 1.49. The van der Waals surface area contributed by atoms with Crippen molar-refractivity contribution in [1.82, 2.24) is 0 Å². The third-order valence-electron chi connectivity index (χ3n) is 5.29. The summed E-state index contributed by atoms with van der Waals surface area (Å²) in [6.45, 7) is 3.71. The molecule has 0 bridgehead atoms. The highest BCUT2D eigenvalue weighted by atomic mass is 35.5. The van der Waals surface area contributed by atoms with Crippen LogP contribution in [0.4, 0.5) is 5.69 Å². The van der Waals surface area contributed by atoms with Gasteiger partial charge in [0.1, 0.15) is 17.6 Å². The number of anilines is 1. The van der Waals surface area contributed by atoms with Gasteiger partial charge >= 0.3 is 0 Å². The second-order valence-corrected chi connectivity index (χ2v) is 8.73. The molecule has 1 fully saturated rings. The van der Waals surface area contributed by atoms with E-state index in [0.29, 0.717) is 22.0 Å². The van der Waals surface area contributed by atoms with E-state index in [1.54, 1.807) is 30.3 Å². The van der Waals surface area contributed by atoms with Crippen LogP contribution in [0.5, 0.6) is 5.75 Å². The van der Waals surface area contributed by atoms with Gasteiger partial charge in [0.25, 0.3) is 11.7 Å². The fourth-order valence-electron chi connectivity index (χ4n) is 3.84. The zero-order valence-corrected chi connectivity index (χ0v) is 18.8. The number of nitrogens with zero attached hydrogens (tertiary/aromatic N) is 1. The summed E-state index contributed by atoms with van der Waals surface area (Å²) in [5, 5.41) is 13.7. The molecule has 2 aromatic carbocycles. The lowest BCUT2D eigenvalue weighted by Gasteiger charge is -2.26. The molecule has 0 radical (unpaired) electrons. The first kappa shape index (κ1) is 21.2. The normalized spacial score (nSPS) is 17.9. The molecule has 7 heteroatoms. The molecule has 1 amide bonds. The van der Waals surface area contributed by atoms with Crippen LogP contribution < -0.4 is 9.64 Å². The van der Waals surface area contributed by atoms with E-state index in [-0.39, 0.29) is 11.3 Å². The van der Waals surface area contributed by atoms with Crippen LogP contribution in [0, 0.1) is 13.8 Å². The number of Topliss-reactive ketones (excluding diaryl/α,β-unsaturated/α-hetero) is 1. The lowest BCUT2D eigenvalue weighted by atomic mass is 9.98. The average Bonchev–Trinajstić information content (AvgIpc) is 3.35. The van der Waals surface area contributed by atoms with Gasteiger partial charge in [-0.05, 0) is 61.2 Å². The van der Waals surface area contributed by atoms with E-state index in [0.717, 1.165) is 16.0 Å². The molecule has 1 aromatic heterocycles. The molecule has 2 heterocycles. The van der Waals surface area contributed by atoms with Gasteiger partial charge in [0.15, 0.2) is 0 Å². The summed E-state index contributed by atoms with van der Waals surface area (Å²) in [6, 6.07) is 13.4. The molecule has 31 heavy (non-hydrogen) atoms. The standard InChI is InChI=1S/C24H20ClNO4S/c1-13-6-9-18(30-3)16(11-13)22(27)20-21(19-5-4-10-31-19)26(24(29)23(20)28)17-8-7-15(25)12-14(17)2/h4-12,21,27H,1-3H3/b22-20-. The van der Waals surface area contributed by atoms with E-state index in [4.69, 9.17) is 16.3 Å². The summed E-state index contributed by atoms with van der Waals surface area (Å²) >= 11 is 7.51. The highest BCUT2D eigenvalue weighted by Crippen LogP contribution is 2.45. The fraction of sp³-hybridized carbons (Fsp3) is 0.167. The predicted octanol–water partition coefficient (Wildman–Crippen LogP) is 5.65. The molecule has 5 nitrogen and oxygen atoms in total. The van der Waals surface area contributed by atoms with Gasteiger partial charge in [-0.15, -0.1) is 11.3 Å². The maximum absolute atomic E-state index is 13.2. The number of amides is 1. The Balaban J connectivity index is 1.98. The minimum Gasteiger partial charge on any atom is -0.507 e. The highest BCUT2D eigenvalue weighted by molar-refractivity contribution is 7.10. The van der Waals surface area contributed by atoms with Crippen molar-refractivity contribution in [2.24, 2.45) is 0 Å². The number of ether oxygens (including phenoxy) is 1. The van der Waals surface area contributed by atoms with E-state index in [1.807, 2.05) is 37.4 Å². The number of methoxy groups -OCH3 is 1. The molecular weight excluding hydrogens is 434 g/mol. The van der Waals surface area contributed by atoms with Crippen LogP contribution >= 0.6 is 22.9 Å². The molecule has 3 aromatic rings. The number of halogens is 1. The molecule has 1 aliphatic heterocycles. The first-order valence-corrected chi connectivity index (χ1v) is 10.8. The van der Waals surface area contributed by atoms with Crippen LogP contribution in [-0.4, -0.2) is 23.9 Å². The van der Waals surface area contributed by atoms with E-state index in [9.17, 15) is 14.7 Å². The Bertz CT molecular complexity index is 1220. The Morgan fingerprint density at radius 1 is 1.13 bits per heavy atom. The Hall–Kier alpha value is -3.09. The minimum atomic E-state index is -0.759. The Labute approximate surface area is 189 Å². The molecular formula is C24H20ClNO4S. The van der Waals surface area contributed by atoms with Crippen LogP contribution in [0.25, 0.3) is 5.76 Å². The fourth-order valence-corrected chi connectivity index (χ4v) is 4.89. The van der Waals surface area contributed by atoms with Gasteiger partial charge in [-0.1, -0.05) is 29.3 Å². The lowest BCUT2D eigenvalue weighted by Crippen LogP contribution is -2.29. The largest absolute Gasteiger partial charge is 0.507 e. The third kappa shape index (κ3) is 3.62. The number of hydrogen-bond donors (Lipinski definition) is 1. The molecule has 1 N–H and O–H groups in total. The number of rotatable bonds is 4. The average molecular weight is 454 g/mol. The summed E-state index contributed by atoms with van der Waals surface area (Å²) in [5.41, 5.74) is 2.61. The van der Waals surface area contributed by atoms with Crippen molar-refractivity contribution in [3.05, 3.63) is 86.1 Å². The number of aliphatic hydroxyl groups is 1. The SMILES string of the molecule is COc1ccc(C)cc1/C(O)=C1/C(=O)C(=O)N(c2ccc(Cl)cc2C)C1c1cccs1. The number of carbonyl (C=O) groups is 2. The Morgan fingerprint density at radius 2 is 1.90 bits per heavy atom. The molecule has 0 saturated carbocycles. The topological polar surface area (TPSA) is 66.8 Å². The maximum Gasteiger partial charge on any atom is 0.300 e. The molecule has 1 aliphatic rings. The molecule has 1 unspecified atom stereocenters. The first-order valence-electron chi connectivity index (χ1n) is 9.59. The minimum absolute atomic E-state index is 0.0331. The van der Waals surface area contributed by atoms with Crippen LogP contribution in [0.3, 0.4) is 0 Å². The molecule has 0 spiro atoms. The number of aliphatic hydroxyl groups excluding tert-OH is 1. The van der Waals surface area contributed by atoms with Crippen molar-refractivity contribution in [2.45, 2.75) is 19.9 Å². The first-order chi connectivity index (χ1) is 14.8. The summed E-state index contributed by atoms with van der Waals surface area (Å²) in [6.07, 6.45) is 0. The van der Waals surface area contributed by atoms with Crippen LogP contribution in [-0.2, 0) is 9.59 Å². The zero-order valence-electron chi connectivity index (χ0n) is 17.2. The number of thiophene rings is 1. The van der Waals surface area contributed by atoms with Crippen molar-refractivity contribution >= 4 is 46.1 Å². The third-order valence-corrected chi connectivity index (χ3v) is 6.45. The predicted molar refractivity (Wildman–Crippen MR) is 123 cm³/mol. The van der Waals surface area contributed by atoms with Gasteiger partial charge in [0.2, 0.25) is 0 Å². The summed E-state index contributed by atoms with van der Waals surface area (Å²) < 4.78 is 5.40. The Morgan fingerprint density at radius 3 is 2.55 bits per heavy atom. The van der Waals surface area contributed by atoms with Gasteiger partial charge in [0.05, 0.1) is 18.2 Å². The van der Waals surface area contributed by atoms with Gasteiger partial charge in [-0.3, -0.25) is 14.5 Å². The monoisotopic (exact) mass is 453 g/mol. The van der Waals surface area contributed by atoms with Gasteiger partial charge in [-0.25, -0.2) is 0 Å². The number of hydrogen-bond acceptors (Lipinski definition) is 5. The van der Waals surface area contributed by atoms with E-state index < -0.39 is 17.7 Å². The van der Waals surface area contributed by atoms with Crippen LogP contribution in [0.1, 0.15) is 27.6 Å². The van der Waals surface area contributed by atoms with Crippen LogP contribution in [0.15, 0.2) is 59.5 Å².